The minimum atomic E-state index is -0.468. The topological polar surface area (TPSA) is 33.5 Å². The Labute approximate surface area is 108 Å². The highest BCUT2D eigenvalue weighted by Crippen LogP contribution is 2.05. The van der Waals surface area contributed by atoms with Gasteiger partial charge in [-0.3, -0.25) is 4.79 Å². The van der Waals surface area contributed by atoms with Crippen molar-refractivity contribution in [3.8, 4) is 0 Å². The van der Waals surface area contributed by atoms with Crippen LogP contribution in [0.1, 0.15) is 30.6 Å². The lowest BCUT2D eigenvalue weighted by molar-refractivity contribution is -0.896. The lowest BCUT2D eigenvalue weighted by Crippen LogP contribution is -3.11. The van der Waals surface area contributed by atoms with Crippen LogP contribution in [-0.4, -0.2) is 32.1 Å². The van der Waals surface area contributed by atoms with Gasteiger partial charge >= 0.3 is 0 Å². The molecule has 0 saturated heterocycles. The Morgan fingerprint density at radius 3 is 2.56 bits per heavy atom. The Morgan fingerprint density at radius 1 is 1.28 bits per heavy atom. The van der Waals surface area contributed by atoms with Crippen molar-refractivity contribution < 1.29 is 14.1 Å². The molecule has 0 radical (unpaired) electrons. The summed E-state index contributed by atoms with van der Waals surface area (Å²) in [5.74, 6) is -0.799. The van der Waals surface area contributed by atoms with Crippen molar-refractivity contribution in [1.29, 1.82) is 0 Å². The predicted molar refractivity (Wildman–Crippen MR) is 70.3 cm³/mol. The number of rotatable bonds is 7. The van der Waals surface area contributed by atoms with Gasteiger partial charge in [-0.1, -0.05) is 12.1 Å². The Hall–Kier alpha value is -1.42. The van der Waals surface area contributed by atoms with E-state index >= 15 is 0 Å². The molecule has 3 nitrogen and oxygen atoms in total. The first-order chi connectivity index (χ1) is 8.69. The number of carbonyl (C=O) groups is 1. The first kappa shape index (κ1) is 14.6. The Morgan fingerprint density at radius 2 is 1.94 bits per heavy atom. The second kappa shape index (κ2) is 7.82. The van der Waals surface area contributed by atoms with Gasteiger partial charge < -0.3 is 10.2 Å². The van der Waals surface area contributed by atoms with Crippen molar-refractivity contribution in [3.05, 3.63) is 35.6 Å². The van der Waals surface area contributed by atoms with Crippen molar-refractivity contribution in [3.63, 3.8) is 0 Å². The van der Waals surface area contributed by atoms with Gasteiger partial charge in [-0.25, -0.2) is 4.39 Å². The minimum Gasteiger partial charge on any atom is -0.352 e. The smallest absolute Gasteiger partial charge is 0.254 e. The van der Waals surface area contributed by atoms with Gasteiger partial charge in [0.15, 0.2) is 0 Å². The fourth-order valence-corrected chi connectivity index (χ4v) is 1.88. The minimum absolute atomic E-state index is 0.118. The number of nitrogens with one attached hydrogen (secondary N) is 2. The zero-order chi connectivity index (χ0) is 13.4. The van der Waals surface area contributed by atoms with Crippen LogP contribution in [0, 0.1) is 5.82 Å². The van der Waals surface area contributed by atoms with E-state index in [-0.39, 0.29) is 11.5 Å². The SMILES string of the molecule is CC[NH+](CC)CCCNC(=O)c1ccccc1F. The highest BCUT2D eigenvalue weighted by atomic mass is 19.1. The van der Waals surface area contributed by atoms with Crippen LogP contribution in [0.5, 0.6) is 0 Å². The Balaban J connectivity index is 2.32. The molecule has 1 aromatic carbocycles. The predicted octanol–water partition coefficient (Wildman–Crippen LogP) is 0.870. The van der Waals surface area contributed by atoms with Gasteiger partial charge in [0.05, 0.1) is 25.2 Å². The molecule has 0 atom stereocenters. The third-order valence-corrected chi connectivity index (χ3v) is 3.11. The van der Waals surface area contributed by atoms with Crippen LogP contribution in [0.4, 0.5) is 4.39 Å². The molecule has 1 rings (SSSR count). The molecule has 0 aromatic heterocycles. The second-order valence-corrected chi connectivity index (χ2v) is 4.30. The summed E-state index contributed by atoms with van der Waals surface area (Å²) in [6, 6.07) is 6.04. The molecule has 0 spiro atoms. The largest absolute Gasteiger partial charge is 0.352 e. The van der Waals surface area contributed by atoms with E-state index in [1.54, 1.807) is 12.1 Å². The maximum Gasteiger partial charge on any atom is 0.254 e. The molecule has 1 amide bonds. The number of carbonyl (C=O) groups excluding carboxylic acids is 1. The van der Waals surface area contributed by atoms with Crippen LogP contribution in [0.25, 0.3) is 0 Å². The number of quaternary nitrogens is 1. The summed E-state index contributed by atoms with van der Waals surface area (Å²) in [6.07, 6.45) is 0.914. The summed E-state index contributed by atoms with van der Waals surface area (Å²) in [6.45, 7) is 8.12. The molecule has 0 saturated carbocycles. The molecule has 4 heteroatoms. The van der Waals surface area contributed by atoms with Gasteiger partial charge in [-0.2, -0.15) is 0 Å². The average molecular weight is 253 g/mol. The molecule has 0 aliphatic carbocycles. The highest BCUT2D eigenvalue weighted by molar-refractivity contribution is 5.94. The third-order valence-electron chi connectivity index (χ3n) is 3.11. The molecule has 18 heavy (non-hydrogen) atoms. The van der Waals surface area contributed by atoms with E-state index in [4.69, 9.17) is 0 Å². The molecule has 0 aliphatic rings. The lowest BCUT2D eigenvalue weighted by atomic mass is 10.2. The van der Waals surface area contributed by atoms with E-state index in [2.05, 4.69) is 19.2 Å². The van der Waals surface area contributed by atoms with E-state index < -0.39 is 5.82 Å². The van der Waals surface area contributed by atoms with Crippen LogP contribution < -0.4 is 10.2 Å². The number of hydrogen-bond donors (Lipinski definition) is 2. The van der Waals surface area contributed by atoms with Gasteiger partial charge in [0.25, 0.3) is 5.91 Å². The van der Waals surface area contributed by atoms with Crippen molar-refractivity contribution in [2.45, 2.75) is 20.3 Å². The quantitative estimate of drug-likeness (QED) is 0.695. The monoisotopic (exact) mass is 253 g/mol. The van der Waals surface area contributed by atoms with Gasteiger partial charge in [-0.15, -0.1) is 0 Å². The van der Waals surface area contributed by atoms with Crippen molar-refractivity contribution in [1.82, 2.24) is 5.32 Å². The number of hydrogen-bond acceptors (Lipinski definition) is 1. The molecule has 100 valence electrons. The molecule has 2 N–H and O–H groups in total. The zero-order valence-electron chi connectivity index (χ0n) is 11.1. The molecule has 0 aliphatic heterocycles. The summed E-state index contributed by atoms with van der Waals surface area (Å²) in [7, 11) is 0. The zero-order valence-corrected chi connectivity index (χ0v) is 11.1. The Kier molecular flexibility index (Phi) is 6.36. The van der Waals surface area contributed by atoms with Crippen LogP contribution in [0.3, 0.4) is 0 Å². The second-order valence-electron chi connectivity index (χ2n) is 4.30. The van der Waals surface area contributed by atoms with Crippen LogP contribution in [0.2, 0.25) is 0 Å². The summed E-state index contributed by atoms with van der Waals surface area (Å²) in [4.78, 5) is 13.2. The molecule has 0 unspecified atom stereocenters. The lowest BCUT2D eigenvalue weighted by Gasteiger charge is -2.15. The average Bonchev–Trinajstić information content (AvgIpc) is 2.39. The van der Waals surface area contributed by atoms with Crippen molar-refractivity contribution in [2.24, 2.45) is 0 Å². The van der Waals surface area contributed by atoms with E-state index in [9.17, 15) is 9.18 Å². The molecule has 0 fully saturated rings. The van der Waals surface area contributed by atoms with Crippen LogP contribution in [-0.2, 0) is 0 Å². The summed E-state index contributed by atoms with van der Waals surface area (Å²) >= 11 is 0. The first-order valence-corrected chi connectivity index (χ1v) is 6.55. The number of halogens is 1. The fraction of sp³-hybridized carbons (Fsp3) is 0.500. The fourth-order valence-electron chi connectivity index (χ4n) is 1.88. The maximum atomic E-state index is 13.3. The van der Waals surface area contributed by atoms with E-state index in [1.165, 1.54) is 17.0 Å². The van der Waals surface area contributed by atoms with E-state index in [0.717, 1.165) is 26.1 Å². The van der Waals surface area contributed by atoms with E-state index in [1.807, 2.05) is 0 Å². The molecule has 0 heterocycles. The number of benzene rings is 1. The summed E-state index contributed by atoms with van der Waals surface area (Å²) < 4.78 is 13.3. The van der Waals surface area contributed by atoms with E-state index in [0.29, 0.717) is 6.54 Å². The Bertz CT molecular complexity index is 378. The number of amides is 1. The van der Waals surface area contributed by atoms with Crippen molar-refractivity contribution >= 4 is 5.91 Å². The molecule has 0 bridgehead atoms. The van der Waals surface area contributed by atoms with Crippen LogP contribution in [0.15, 0.2) is 24.3 Å². The first-order valence-electron chi connectivity index (χ1n) is 6.55. The third kappa shape index (κ3) is 4.45. The maximum absolute atomic E-state index is 13.3. The van der Waals surface area contributed by atoms with Crippen LogP contribution >= 0.6 is 0 Å². The summed E-state index contributed by atoms with van der Waals surface area (Å²) in [5, 5.41) is 2.75. The van der Waals surface area contributed by atoms with Gasteiger partial charge in [0, 0.05) is 13.0 Å². The molecular weight excluding hydrogens is 231 g/mol. The van der Waals surface area contributed by atoms with Crippen molar-refractivity contribution in [2.75, 3.05) is 26.2 Å². The normalized spacial score (nSPS) is 10.7. The summed E-state index contributed by atoms with van der Waals surface area (Å²) in [5.41, 5.74) is 0.118. The molecular formula is C14H22FN2O+. The van der Waals surface area contributed by atoms with Gasteiger partial charge in [0.2, 0.25) is 0 Å². The van der Waals surface area contributed by atoms with Gasteiger partial charge in [-0.05, 0) is 26.0 Å². The molecule has 1 aromatic rings. The van der Waals surface area contributed by atoms with Gasteiger partial charge in [0.1, 0.15) is 5.82 Å². The standard InChI is InChI=1S/C14H21FN2O/c1-3-17(4-2)11-7-10-16-14(18)12-8-5-6-9-13(12)15/h5-6,8-9H,3-4,7,10-11H2,1-2H3,(H,16,18)/p+1. The highest BCUT2D eigenvalue weighted by Gasteiger charge is 2.10.